The van der Waals surface area contributed by atoms with Crippen LogP contribution in [-0.4, -0.2) is 18.2 Å². The van der Waals surface area contributed by atoms with Gasteiger partial charge in [-0.1, -0.05) is 6.08 Å². The third kappa shape index (κ3) is 1.75. The first-order valence-corrected chi connectivity index (χ1v) is 6.20. The number of carboxylic acid groups (broad SMARTS) is 1. The van der Waals surface area contributed by atoms with Gasteiger partial charge in [-0.15, -0.1) is 0 Å². The Hall–Kier alpha value is -2.69. The molecule has 3 rings (SSSR count). The molecular weight excluding hydrogens is 256 g/mol. The molecule has 0 aromatic heterocycles. The Labute approximate surface area is 116 Å². The summed E-state index contributed by atoms with van der Waals surface area (Å²) in [4.78, 5) is 11.3. The molecule has 0 unspecified atom stereocenters. The fourth-order valence-corrected chi connectivity index (χ4v) is 2.49. The van der Waals surface area contributed by atoms with Gasteiger partial charge in [0.25, 0.3) is 0 Å². The predicted octanol–water partition coefficient (Wildman–Crippen LogP) is 2.09. The molecular formula is C15H14N2O3. The molecule has 1 aliphatic carbocycles. The number of carboxylic acids is 1. The van der Waals surface area contributed by atoms with E-state index in [0.29, 0.717) is 23.6 Å². The summed E-state index contributed by atoms with van der Waals surface area (Å²) in [6.07, 6.45) is 4.03. The zero-order valence-electron chi connectivity index (χ0n) is 10.9. The summed E-state index contributed by atoms with van der Waals surface area (Å²) in [5, 5.41) is 12.4. The number of carbonyl (C=O) groups is 1. The molecule has 4 N–H and O–H groups in total. The minimum atomic E-state index is -0.967. The van der Waals surface area contributed by atoms with E-state index in [0.717, 1.165) is 16.8 Å². The van der Waals surface area contributed by atoms with Gasteiger partial charge in [0.2, 0.25) is 0 Å². The molecule has 1 heterocycles. The normalized spacial score (nSPS) is 16.4. The third-order valence-corrected chi connectivity index (χ3v) is 3.51. The Morgan fingerprint density at radius 3 is 2.95 bits per heavy atom. The highest BCUT2D eigenvalue weighted by Gasteiger charge is 2.26. The predicted molar refractivity (Wildman–Crippen MR) is 76.1 cm³/mol. The second-order valence-electron chi connectivity index (χ2n) is 4.63. The summed E-state index contributed by atoms with van der Waals surface area (Å²) in [5.74, 6) is -0.253. The third-order valence-electron chi connectivity index (χ3n) is 3.51. The van der Waals surface area contributed by atoms with Crippen LogP contribution in [0.25, 0.3) is 5.70 Å². The van der Waals surface area contributed by atoms with Crippen molar-refractivity contribution in [1.82, 2.24) is 0 Å². The lowest BCUT2D eigenvalue weighted by Crippen LogP contribution is -2.21. The van der Waals surface area contributed by atoms with Gasteiger partial charge in [0.1, 0.15) is 5.75 Å². The van der Waals surface area contributed by atoms with Crippen LogP contribution in [0.2, 0.25) is 0 Å². The van der Waals surface area contributed by atoms with E-state index >= 15 is 0 Å². The van der Waals surface area contributed by atoms with E-state index in [4.69, 9.17) is 10.5 Å². The number of methoxy groups -OCH3 is 1. The maximum absolute atomic E-state index is 11.3. The van der Waals surface area contributed by atoms with Gasteiger partial charge in [0, 0.05) is 22.5 Å². The van der Waals surface area contributed by atoms with Crippen molar-refractivity contribution in [3.8, 4) is 5.75 Å². The Morgan fingerprint density at radius 2 is 2.25 bits per heavy atom. The number of anilines is 1. The van der Waals surface area contributed by atoms with Crippen molar-refractivity contribution in [3.05, 3.63) is 52.8 Å². The molecule has 5 heteroatoms. The molecule has 0 saturated carbocycles. The molecule has 0 spiro atoms. The average Bonchev–Trinajstić information content (AvgIpc) is 2.46. The van der Waals surface area contributed by atoms with E-state index in [2.05, 4.69) is 5.32 Å². The van der Waals surface area contributed by atoms with E-state index in [-0.39, 0.29) is 5.57 Å². The zero-order valence-corrected chi connectivity index (χ0v) is 10.9. The Morgan fingerprint density at radius 1 is 1.45 bits per heavy atom. The summed E-state index contributed by atoms with van der Waals surface area (Å²) in [7, 11) is 1.60. The highest BCUT2D eigenvalue weighted by Crippen LogP contribution is 2.39. The number of allylic oxidation sites excluding steroid dienone is 2. The molecule has 1 aliphatic heterocycles. The van der Waals surface area contributed by atoms with Crippen molar-refractivity contribution >= 4 is 17.4 Å². The number of rotatable bonds is 2. The van der Waals surface area contributed by atoms with Gasteiger partial charge in [0.15, 0.2) is 0 Å². The molecule has 1 aromatic rings. The fourth-order valence-electron chi connectivity index (χ4n) is 2.49. The lowest BCUT2D eigenvalue weighted by molar-refractivity contribution is -0.132. The van der Waals surface area contributed by atoms with Crippen LogP contribution >= 0.6 is 0 Å². The van der Waals surface area contributed by atoms with Crippen molar-refractivity contribution in [2.45, 2.75) is 6.42 Å². The molecule has 2 aliphatic rings. The summed E-state index contributed by atoms with van der Waals surface area (Å²) >= 11 is 0. The standard InChI is InChI=1S/C15H14N2O3/c1-20-8-5-6-12-11(7-8)13(16)9-3-2-4-10(15(18)19)14(9)17-12/h2,4-7,17H,3,16H2,1H3,(H,18,19). The van der Waals surface area contributed by atoms with Crippen LogP contribution in [0.4, 0.5) is 5.69 Å². The summed E-state index contributed by atoms with van der Waals surface area (Å²) in [5.41, 5.74) is 10.0. The van der Waals surface area contributed by atoms with Crippen LogP contribution < -0.4 is 15.8 Å². The van der Waals surface area contributed by atoms with Crippen LogP contribution in [0.1, 0.15) is 12.0 Å². The van der Waals surface area contributed by atoms with E-state index < -0.39 is 5.97 Å². The SMILES string of the molecule is COc1ccc2c(c1)C(N)=C1CC=CC(C(=O)O)=C1N2. The van der Waals surface area contributed by atoms with Crippen molar-refractivity contribution in [1.29, 1.82) is 0 Å². The molecule has 1 aromatic carbocycles. The Balaban J connectivity index is 2.21. The van der Waals surface area contributed by atoms with Crippen LogP contribution in [0.5, 0.6) is 5.75 Å². The number of nitrogens with two attached hydrogens (primary N) is 1. The molecule has 0 bridgehead atoms. The summed E-state index contributed by atoms with van der Waals surface area (Å²) < 4.78 is 5.20. The minimum Gasteiger partial charge on any atom is -0.497 e. The molecule has 20 heavy (non-hydrogen) atoms. The van der Waals surface area contributed by atoms with E-state index in [1.54, 1.807) is 13.2 Å². The van der Waals surface area contributed by atoms with Gasteiger partial charge in [-0.05, 0) is 30.7 Å². The monoisotopic (exact) mass is 270 g/mol. The van der Waals surface area contributed by atoms with Crippen LogP contribution in [0, 0.1) is 0 Å². The number of nitrogens with one attached hydrogen (secondary N) is 1. The zero-order chi connectivity index (χ0) is 14.3. The molecule has 0 amide bonds. The summed E-state index contributed by atoms with van der Waals surface area (Å²) in [6, 6.07) is 5.49. The van der Waals surface area contributed by atoms with Crippen molar-refractivity contribution in [2.24, 2.45) is 5.73 Å². The fraction of sp³-hybridized carbons (Fsp3) is 0.133. The first-order valence-electron chi connectivity index (χ1n) is 6.20. The van der Waals surface area contributed by atoms with Gasteiger partial charge < -0.3 is 20.9 Å². The Kier molecular flexibility index (Phi) is 2.75. The van der Waals surface area contributed by atoms with E-state index in [9.17, 15) is 9.90 Å². The maximum Gasteiger partial charge on any atom is 0.337 e. The van der Waals surface area contributed by atoms with Gasteiger partial charge in [-0.2, -0.15) is 0 Å². The number of fused-ring (bicyclic) bond motifs is 2. The van der Waals surface area contributed by atoms with Crippen molar-refractivity contribution < 1.29 is 14.6 Å². The number of hydrogen-bond acceptors (Lipinski definition) is 4. The van der Waals surface area contributed by atoms with Gasteiger partial charge >= 0.3 is 5.97 Å². The minimum absolute atomic E-state index is 0.232. The van der Waals surface area contributed by atoms with Gasteiger partial charge in [-0.3, -0.25) is 0 Å². The van der Waals surface area contributed by atoms with Crippen LogP contribution in [-0.2, 0) is 4.79 Å². The number of hydrogen-bond donors (Lipinski definition) is 3. The number of aliphatic carboxylic acids is 1. The van der Waals surface area contributed by atoms with Crippen molar-refractivity contribution in [3.63, 3.8) is 0 Å². The lowest BCUT2D eigenvalue weighted by atomic mass is 9.90. The first-order chi connectivity index (χ1) is 9.61. The second-order valence-corrected chi connectivity index (χ2v) is 4.63. The average molecular weight is 270 g/mol. The highest BCUT2D eigenvalue weighted by atomic mass is 16.5. The first kappa shape index (κ1) is 12.3. The second kappa shape index (κ2) is 4.45. The van der Waals surface area contributed by atoms with Gasteiger partial charge in [0.05, 0.1) is 18.4 Å². The van der Waals surface area contributed by atoms with E-state index in [1.165, 1.54) is 0 Å². The van der Waals surface area contributed by atoms with E-state index in [1.807, 2.05) is 24.3 Å². The quantitative estimate of drug-likeness (QED) is 0.766. The molecule has 0 fully saturated rings. The molecule has 0 saturated heterocycles. The topological polar surface area (TPSA) is 84.6 Å². The smallest absolute Gasteiger partial charge is 0.337 e. The lowest BCUT2D eigenvalue weighted by Gasteiger charge is -2.28. The largest absolute Gasteiger partial charge is 0.497 e. The molecule has 0 radical (unpaired) electrons. The van der Waals surface area contributed by atoms with Gasteiger partial charge in [-0.25, -0.2) is 4.79 Å². The molecule has 5 nitrogen and oxygen atoms in total. The van der Waals surface area contributed by atoms with Crippen molar-refractivity contribution in [2.75, 3.05) is 12.4 Å². The summed E-state index contributed by atoms with van der Waals surface area (Å²) in [6.45, 7) is 0. The molecule has 0 atom stereocenters. The highest BCUT2D eigenvalue weighted by molar-refractivity contribution is 5.97. The Bertz CT molecular complexity index is 699. The molecule has 102 valence electrons. The van der Waals surface area contributed by atoms with Crippen LogP contribution in [0.3, 0.4) is 0 Å². The van der Waals surface area contributed by atoms with Crippen LogP contribution in [0.15, 0.2) is 47.2 Å². The number of benzene rings is 1. The number of ether oxygens (including phenoxy) is 1. The maximum atomic E-state index is 11.3.